The van der Waals surface area contributed by atoms with Crippen molar-refractivity contribution in [3.63, 3.8) is 0 Å². The first kappa shape index (κ1) is 24.6. The summed E-state index contributed by atoms with van der Waals surface area (Å²) in [5, 5.41) is 20.3. The molecule has 3 aromatic carbocycles. The monoisotopic (exact) mass is 495 g/mol. The maximum Gasteiger partial charge on any atom is 0.309 e. The smallest absolute Gasteiger partial charge is 0.309 e. The number of amides is 2. The number of rotatable bonds is 9. The number of aryl methyl sites for hydroxylation is 1. The molecule has 0 radical (unpaired) electrons. The molecule has 3 aromatic rings. The third-order valence-corrected chi connectivity index (χ3v) is 6.55. The summed E-state index contributed by atoms with van der Waals surface area (Å²) in [6.45, 7) is -0.0880. The number of hydrogen-bond acceptors (Lipinski definition) is 4. The van der Waals surface area contributed by atoms with Crippen LogP contribution in [0, 0.1) is 11.7 Å². The highest BCUT2D eigenvalue weighted by molar-refractivity contribution is 6.31. The Morgan fingerprint density at radius 3 is 2.09 bits per heavy atom. The number of benzene rings is 3. The number of aliphatic carboxylic acids is 1. The number of imide groups is 1. The van der Waals surface area contributed by atoms with Gasteiger partial charge >= 0.3 is 5.97 Å². The topological polar surface area (TPSA) is 94.9 Å². The van der Waals surface area contributed by atoms with Crippen molar-refractivity contribution in [1.29, 1.82) is 0 Å². The number of carboxylic acid groups (broad SMARTS) is 1. The minimum Gasteiger partial charge on any atom is -0.481 e. The summed E-state index contributed by atoms with van der Waals surface area (Å²) >= 11 is 5.85. The van der Waals surface area contributed by atoms with Crippen LogP contribution >= 0.6 is 11.6 Å². The fourth-order valence-corrected chi connectivity index (χ4v) is 4.43. The van der Waals surface area contributed by atoms with Crippen LogP contribution in [0.3, 0.4) is 0 Å². The number of carbonyl (C=O) groups excluding carboxylic acids is 2. The van der Waals surface area contributed by atoms with E-state index < -0.39 is 35.6 Å². The number of hydrogen-bond donors (Lipinski definition) is 2. The lowest BCUT2D eigenvalue weighted by molar-refractivity contribution is -0.146. The van der Waals surface area contributed by atoms with Gasteiger partial charge in [-0.2, -0.15) is 0 Å². The molecule has 35 heavy (non-hydrogen) atoms. The van der Waals surface area contributed by atoms with Crippen molar-refractivity contribution in [3.05, 3.63) is 94.3 Å². The van der Waals surface area contributed by atoms with Gasteiger partial charge < -0.3 is 10.2 Å². The fourth-order valence-electron chi connectivity index (χ4n) is 4.25. The van der Waals surface area contributed by atoms with Gasteiger partial charge in [-0.3, -0.25) is 19.3 Å². The second kappa shape index (κ2) is 10.4. The van der Waals surface area contributed by atoms with Gasteiger partial charge in [-0.1, -0.05) is 54.1 Å². The molecule has 0 aliphatic carbocycles. The van der Waals surface area contributed by atoms with Crippen molar-refractivity contribution in [2.45, 2.75) is 25.4 Å². The quantitative estimate of drug-likeness (QED) is 0.415. The van der Waals surface area contributed by atoms with E-state index >= 15 is 0 Å². The third kappa shape index (κ3) is 5.26. The van der Waals surface area contributed by atoms with Crippen molar-refractivity contribution in [2.24, 2.45) is 5.92 Å². The van der Waals surface area contributed by atoms with Gasteiger partial charge in [0.2, 0.25) is 0 Å². The van der Waals surface area contributed by atoms with Gasteiger partial charge in [0, 0.05) is 6.54 Å². The van der Waals surface area contributed by atoms with Gasteiger partial charge in [-0.15, -0.1) is 0 Å². The molecule has 0 bridgehead atoms. The molecule has 2 unspecified atom stereocenters. The van der Waals surface area contributed by atoms with Gasteiger partial charge in [-0.05, 0) is 60.2 Å². The van der Waals surface area contributed by atoms with Crippen LogP contribution in [0.2, 0.25) is 5.02 Å². The summed E-state index contributed by atoms with van der Waals surface area (Å²) in [5.74, 6) is -3.70. The summed E-state index contributed by atoms with van der Waals surface area (Å²) in [6.07, 6.45) is -0.576. The van der Waals surface area contributed by atoms with E-state index in [1.807, 2.05) is 24.3 Å². The highest BCUT2D eigenvalue weighted by Gasteiger charge is 2.36. The van der Waals surface area contributed by atoms with Crippen LogP contribution in [0.1, 0.15) is 39.1 Å². The lowest BCUT2D eigenvalue weighted by Gasteiger charge is -2.22. The first-order valence-corrected chi connectivity index (χ1v) is 11.5. The average Bonchev–Trinajstić information content (AvgIpc) is 3.09. The third-order valence-electron chi connectivity index (χ3n) is 6.26. The lowest BCUT2D eigenvalue weighted by Crippen LogP contribution is -2.36. The SMILES string of the molecule is O=C(O)C(CCN1C(=O)c2ccccc2C1=O)C(O)CCc1ccc(-c2ccc(F)c(Cl)c2)cc1. The van der Waals surface area contributed by atoms with Crippen molar-refractivity contribution >= 4 is 29.4 Å². The van der Waals surface area contributed by atoms with Crippen LogP contribution in [0.15, 0.2) is 66.7 Å². The molecular formula is C27H23ClFNO5. The molecule has 8 heteroatoms. The summed E-state index contributed by atoms with van der Waals surface area (Å²) in [7, 11) is 0. The normalized spacial score (nSPS) is 14.7. The first-order chi connectivity index (χ1) is 16.8. The zero-order valence-electron chi connectivity index (χ0n) is 18.7. The fraction of sp³-hybridized carbons (Fsp3) is 0.222. The molecule has 0 aromatic heterocycles. The number of aliphatic hydroxyl groups excluding tert-OH is 1. The van der Waals surface area contributed by atoms with Gasteiger partial charge in [0.25, 0.3) is 11.8 Å². The van der Waals surface area contributed by atoms with Crippen LogP contribution in [0.5, 0.6) is 0 Å². The molecule has 6 nitrogen and oxygen atoms in total. The van der Waals surface area contributed by atoms with Crippen molar-refractivity contribution in [2.75, 3.05) is 6.54 Å². The Balaban J connectivity index is 1.35. The predicted octanol–water partition coefficient (Wildman–Crippen LogP) is 4.83. The first-order valence-electron chi connectivity index (χ1n) is 11.2. The number of aliphatic hydroxyl groups is 1. The van der Waals surface area contributed by atoms with E-state index in [1.54, 1.807) is 36.4 Å². The minimum absolute atomic E-state index is 0.0376. The van der Waals surface area contributed by atoms with Gasteiger partial charge in [-0.25, -0.2) is 4.39 Å². The average molecular weight is 496 g/mol. The Kier molecular flexibility index (Phi) is 7.28. The molecule has 2 atom stereocenters. The zero-order valence-corrected chi connectivity index (χ0v) is 19.4. The van der Waals surface area contributed by atoms with Crippen molar-refractivity contribution in [1.82, 2.24) is 4.90 Å². The molecule has 1 heterocycles. The molecule has 180 valence electrons. The summed E-state index contributed by atoms with van der Waals surface area (Å²) < 4.78 is 13.4. The Hall–Kier alpha value is -3.55. The highest BCUT2D eigenvalue weighted by atomic mass is 35.5. The van der Waals surface area contributed by atoms with Gasteiger partial charge in [0.05, 0.1) is 28.2 Å². The van der Waals surface area contributed by atoms with E-state index in [1.165, 1.54) is 6.07 Å². The maximum atomic E-state index is 13.4. The molecule has 1 aliphatic rings. The van der Waals surface area contributed by atoms with Crippen molar-refractivity contribution < 1.29 is 29.0 Å². The highest BCUT2D eigenvalue weighted by Crippen LogP contribution is 2.27. The molecule has 2 N–H and O–H groups in total. The number of fused-ring (bicyclic) bond motifs is 1. The number of nitrogens with zero attached hydrogens (tertiary/aromatic N) is 1. The Labute approximate surface area is 206 Å². The summed E-state index contributed by atoms with van der Waals surface area (Å²) in [4.78, 5) is 37.9. The lowest BCUT2D eigenvalue weighted by atomic mass is 9.93. The molecule has 0 fully saturated rings. The van der Waals surface area contributed by atoms with Gasteiger partial charge in [0.1, 0.15) is 5.82 Å². The minimum atomic E-state index is -1.18. The molecular weight excluding hydrogens is 473 g/mol. The molecule has 4 rings (SSSR count). The van der Waals surface area contributed by atoms with Crippen LogP contribution in [0.25, 0.3) is 11.1 Å². The van der Waals surface area contributed by atoms with E-state index in [0.717, 1.165) is 21.6 Å². The Morgan fingerprint density at radius 1 is 0.914 bits per heavy atom. The van der Waals surface area contributed by atoms with E-state index in [4.69, 9.17) is 11.6 Å². The van der Waals surface area contributed by atoms with E-state index in [9.17, 15) is 29.0 Å². The van der Waals surface area contributed by atoms with Crippen molar-refractivity contribution in [3.8, 4) is 11.1 Å². The zero-order chi connectivity index (χ0) is 25.1. The van der Waals surface area contributed by atoms with E-state index in [2.05, 4.69) is 0 Å². The van der Waals surface area contributed by atoms with E-state index in [-0.39, 0.29) is 24.4 Å². The molecule has 0 saturated heterocycles. The van der Waals surface area contributed by atoms with Crippen LogP contribution in [0.4, 0.5) is 4.39 Å². The van der Waals surface area contributed by atoms with E-state index in [0.29, 0.717) is 17.5 Å². The number of halogens is 2. The number of carbonyl (C=O) groups is 3. The second-order valence-electron chi connectivity index (χ2n) is 8.47. The van der Waals surface area contributed by atoms with Gasteiger partial charge in [0.15, 0.2) is 0 Å². The second-order valence-corrected chi connectivity index (χ2v) is 8.88. The number of carboxylic acids is 1. The summed E-state index contributed by atoms with van der Waals surface area (Å²) in [6, 6.07) is 18.3. The Morgan fingerprint density at radius 2 is 1.51 bits per heavy atom. The summed E-state index contributed by atoms with van der Waals surface area (Å²) in [5.41, 5.74) is 3.11. The van der Waals surface area contributed by atoms with Crippen LogP contribution in [-0.2, 0) is 11.2 Å². The molecule has 1 aliphatic heterocycles. The standard InChI is InChI=1S/C27H23ClFNO5/c28-22-15-18(10-11-23(22)29)17-8-5-16(6-9-17)7-12-24(31)21(27(34)35)13-14-30-25(32)19-3-1-2-4-20(19)26(30)33/h1-6,8-11,15,21,24,31H,7,12-14H2,(H,34,35). The molecule has 2 amide bonds. The molecule has 0 saturated carbocycles. The Bertz CT molecular complexity index is 1240. The maximum absolute atomic E-state index is 13.4. The molecule has 0 spiro atoms. The van der Waals surface area contributed by atoms with Crippen LogP contribution in [-0.4, -0.2) is 45.5 Å². The van der Waals surface area contributed by atoms with Crippen LogP contribution < -0.4 is 0 Å². The largest absolute Gasteiger partial charge is 0.481 e. The predicted molar refractivity (Wildman–Crippen MR) is 129 cm³/mol.